The SMILES string of the molecule is CC(=O)N1c2ccc(-c3ccc(CC(=O)N(C)C)cc3)cc2N(C(=O)c2ccco2)C[C@@H]1C. The molecule has 1 atom stereocenters. The number of hydrogen-bond acceptors (Lipinski definition) is 4. The summed E-state index contributed by atoms with van der Waals surface area (Å²) < 4.78 is 5.35. The zero-order chi connectivity index (χ0) is 23.7. The zero-order valence-electron chi connectivity index (χ0n) is 19.2. The quantitative estimate of drug-likeness (QED) is 0.609. The number of nitrogens with zero attached hydrogens (tertiary/aromatic N) is 3. The summed E-state index contributed by atoms with van der Waals surface area (Å²) in [5.41, 5.74) is 4.15. The lowest BCUT2D eigenvalue weighted by Crippen LogP contribution is -2.51. The van der Waals surface area contributed by atoms with E-state index in [2.05, 4.69) is 0 Å². The number of anilines is 2. The van der Waals surface area contributed by atoms with E-state index in [1.165, 1.54) is 13.2 Å². The molecule has 0 saturated carbocycles. The standard InChI is InChI=1S/C26H27N3O4/c1-17-16-28(26(32)24-6-5-13-33-24)23-15-21(11-12-22(23)29(17)18(2)30)20-9-7-19(8-10-20)14-25(31)27(3)4/h5-13,15,17H,14,16H2,1-4H3/t17-/m0/s1. The summed E-state index contributed by atoms with van der Waals surface area (Å²) in [6.07, 6.45) is 1.82. The van der Waals surface area contributed by atoms with Gasteiger partial charge in [-0.15, -0.1) is 0 Å². The van der Waals surface area contributed by atoms with Crippen molar-refractivity contribution in [2.45, 2.75) is 26.3 Å². The van der Waals surface area contributed by atoms with Crippen LogP contribution in [0, 0.1) is 0 Å². The van der Waals surface area contributed by atoms with Crippen LogP contribution < -0.4 is 9.80 Å². The fraction of sp³-hybridized carbons (Fsp3) is 0.269. The van der Waals surface area contributed by atoms with Gasteiger partial charge in [-0.25, -0.2) is 0 Å². The van der Waals surface area contributed by atoms with E-state index in [4.69, 9.17) is 4.42 Å². The topological polar surface area (TPSA) is 74.1 Å². The van der Waals surface area contributed by atoms with Gasteiger partial charge < -0.3 is 19.1 Å². The summed E-state index contributed by atoms with van der Waals surface area (Å²) in [6.45, 7) is 3.82. The van der Waals surface area contributed by atoms with Crippen molar-refractivity contribution in [2.75, 3.05) is 30.4 Å². The summed E-state index contributed by atoms with van der Waals surface area (Å²) in [4.78, 5) is 42.5. The van der Waals surface area contributed by atoms with Crippen LogP contribution in [0.5, 0.6) is 0 Å². The molecule has 0 fully saturated rings. The van der Waals surface area contributed by atoms with Gasteiger partial charge in [0.1, 0.15) is 0 Å². The number of furan rings is 1. The molecule has 4 rings (SSSR count). The highest BCUT2D eigenvalue weighted by Gasteiger charge is 2.35. The first kappa shape index (κ1) is 22.3. The van der Waals surface area contributed by atoms with Crippen LogP contribution >= 0.6 is 0 Å². The molecule has 0 bridgehead atoms. The fourth-order valence-corrected chi connectivity index (χ4v) is 4.16. The Morgan fingerprint density at radius 3 is 2.30 bits per heavy atom. The van der Waals surface area contributed by atoms with E-state index in [9.17, 15) is 14.4 Å². The number of amides is 3. The maximum Gasteiger partial charge on any atom is 0.294 e. The minimum absolute atomic E-state index is 0.0436. The molecule has 0 radical (unpaired) electrons. The highest BCUT2D eigenvalue weighted by Crippen LogP contribution is 2.39. The molecule has 7 nitrogen and oxygen atoms in total. The molecule has 170 valence electrons. The average Bonchev–Trinajstić information content (AvgIpc) is 3.33. The first-order valence-corrected chi connectivity index (χ1v) is 10.8. The number of carbonyl (C=O) groups is 3. The van der Waals surface area contributed by atoms with E-state index in [1.807, 2.05) is 49.4 Å². The lowest BCUT2D eigenvalue weighted by Gasteiger charge is -2.40. The molecule has 0 aliphatic carbocycles. The largest absolute Gasteiger partial charge is 0.459 e. The Balaban J connectivity index is 1.72. The van der Waals surface area contributed by atoms with Crippen LogP contribution in [0.3, 0.4) is 0 Å². The second-order valence-electron chi connectivity index (χ2n) is 8.50. The summed E-state index contributed by atoms with van der Waals surface area (Å²) >= 11 is 0. The van der Waals surface area contributed by atoms with Crippen molar-refractivity contribution in [3.8, 4) is 11.1 Å². The summed E-state index contributed by atoms with van der Waals surface area (Å²) in [7, 11) is 3.48. The van der Waals surface area contributed by atoms with Crippen LogP contribution in [0.1, 0.15) is 30.0 Å². The molecule has 1 aliphatic heterocycles. The van der Waals surface area contributed by atoms with Crippen LogP contribution in [0.25, 0.3) is 11.1 Å². The van der Waals surface area contributed by atoms with Gasteiger partial charge in [-0.1, -0.05) is 30.3 Å². The second kappa shape index (κ2) is 8.94. The average molecular weight is 446 g/mol. The molecule has 3 aromatic rings. The second-order valence-corrected chi connectivity index (χ2v) is 8.50. The maximum atomic E-state index is 13.2. The minimum atomic E-state index is -0.244. The van der Waals surface area contributed by atoms with Crippen LogP contribution in [-0.4, -0.2) is 49.3 Å². The molecule has 33 heavy (non-hydrogen) atoms. The van der Waals surface area contributed by atoms with Crippen molar-refractivity contribution >= 4 is 29.1 Å². The van der Waals surface area contributed by atoms with Crippen molar-refractivity contribution in [1.82, 2.24) is 4.90 Å². The smallest absolute Gasteiger partial charge is 0.294 e. The van der Waals surface area contributed by atoms with Crippen LogP contribution in [-0.2, 0) is 16.0 Å². The number of carbonyl (C=O) groups excluding carboxylic acids is 3. The molecule has 1 aliphatic rings. The molecule has 2 aromatic carbocycles. The first-order valence-electron chi connectivity index (χ1n) is 10.8. The maximum absolute atomic E-state index is 13.2. The Hall–Kier alpha value is -3.87. The Bertz CT molecular complexity index is 1180. The van der Waals surface area contributed by atoms with Crippen LogP contribution in [0.15, 0.2) is 65.3 Å². The van der Waals surface area contributed by atoms with Crippen molar-refractivity contribution in [1.29, 1.82) is 0 Å². The summed E-state index contributed by atoms with van der Waals surface area (Å²) in [5.74, 6) is -0.0192. The van der Waals surface area contributed by atoms with Gasteiger partial charge in [0.25, 0.3) is 5.91 Å². The predicted octanol–water partition coefficient (Wildman–Crippen LogP) is 3.98. The molecule has 1 aromatic heterocycles. The Kier molecular flexibility index (Phi) is 6.05. The van der Waals surface area contributed by atoms with E-state index in [0.717, 1.165) is 16.7 Å². The molecule has 3 amide bonds. The number of likely N-dealkylation sites (N-methyl/N-ethyl adjacent to an activating group) is 1. The Morgan fingerprint density at radius 2 is 1.70 bits per heavy atom. The van der Waals surface area contributed by atoms with Crippen molar-refractivity contribution in [3.05, 3.63) is 72.2 Å². The third kappa shape index (κ3) is 4.39. The summed E-state index contributed by atoms with van der Waals surface area (Å²) in [6, 6.07) is 16.7. The Labute approximate surface area is 193 Å². The number of hydrogen-bond donors (Lipinski definition) is 0. The van der Waals surface area contributed by atoms with Gasteiger partial charge >= 0.3 is 0 Å². The van der Waals surface area contributed by atoms with Gasteiger partial charge in [0, 0.05) is 27.6 Å². The summed E-state index contributed by atoms with van der Waals surface area (Å²) in [5, 5.41) is 0. The van der Waals surface area contributed by atoms with E-state index in [-0.39, 0.29) is 29.5 Å². The van der Waals surface area contributed by atoms with Gasteiger partial charge in [-0.05, 0) is 47.9 Å². The van der Waals surface area contributed by atoms with Gasteiger partial charge in [0.2, 0.25) is 11.8 Å². The number of rotatable bonds is 4. The van der Waals surface area contributed by atoms with E-state index >= 15 is 0 Å². The third-order valence-corrected chi connectivity index (χ3v) is 5.87. The lowest BCUT2D eigenvalue weighted by atomic mass is 9.99. The molecular formula is C26H27N3O4. The molecule has 0 N–H and O–H groups in total. The predicted molar refractivity (Wildman–Crippen MR) is 127 cm³/mol. The monoisotopic (exact) mass is 445 g/mol. The molecule has 0 spiro atoms. The van der Waals surface area contributed by atoms with Crippen molar-refractivity contribution < 1.29 is 18.8 Å². The highest BCUT2D eigenvalue weighted by molar-refractivity contribution is 6.10. The lowest BCUT2D eigenvalue weighted by molar-refractivity contribution is -0.128. The number of fused-ring (bicyclic) bond motifs is 1. The molecule has 7 heteroatoms. The zero-order valence-corrected chi connectivity index (χ0v) is 19.2. The molecule has 2 heterocycles. The number of benzene rings is 2. The fourth-order valence-electron chi connectivity index (χ4n) is 4.16. The van der Waals surface area contributed by atoms with Crippen LogP contribution in [0.4, 0.5) is 11.4 Å². The minimum Gasteiger partial charge on any atom is -0.459 e. The third-order valence-electron chi connectivity index (χ3n) is 5.87. The van der Waals surface area contributed by atoms with E-state index in [1.54, 1.807) is 40.9 Å². The van der Waals surface area contributed by atoms with Gasteiger partial charge in [0.05, 0.1) is 30.1 Å². The normalized spacial score (nSPS) is 15.2. The van der Waals surface area contributed by atoms with Gasteiger partial charge in [0.15, 0.2) is 5.76 Å². The van der Waals surface area contributed by atoms with Gasteiger partial charge in [-0.2, -0.15) is 0 Å². The molecular weight excluding hydrogens is 418 g/mol. The molecule has 0 saturated heterocycles. The Morgan fingerprint density at radius 1 is 1.00 bits per heavy atom. The van der Waals surface area contributed by atoms with Gasteiger partial charge in [-0.3, -0.25) is 14.4 Å². The van der Waals surface area contributed by atoms with E-state index < -0.39 is 0 Å². The van der Waals surface area contributed by atoms with E-state index in [0.29, 0.717) is 24.3 Å². The molecule has 0 unspecified atom stereocenters. The van der Waals surface area contributed by atoms with Crippen molar-refractivity contribution in [3.63, 3.8) is 0 Å². The van der Waals surface area contributed by atoms with Crippen molar-refractivity contribution in [2.24, 2.45) is 0 Å². The first-order chi connectivity index (χ1) is 15.8. The van der Waals surface area contributed by atoms with Crippen LogP contribution in [0.2, 0.25) is 0 Å². The highest BCUT2D eigenvalue weighted by atomic mass is 16.3.